The monoisotopic (exact) mass is 293 g/mol. The van der Waals surface area contributed by atoms with Gasteiger partial charge in [0, 0.05) is 15.8 Å². The minimum Gasteiger partial charge on any atom is -0.385 e. The molecule has 0 unspecified atom stereocenters. The molecule has 12 heavy (non-hydrogen) atoms. The van der Waals surface area contributed by atoms with Crippen molar-refractivity contribution in [3.8, 4) is 0 Å². The largest absolute Gasteiger partial charge is 0.385 e. The average molecular weight is 294 g/mol. The molecular formula is C9H9ClIN. The maximum Gasteiger partial charge on any atom is 0.0592 e. The molecule has 0 amide bonds. The molecule has 1 aromatic carbocycles. The SMILES string of the molecule is Clc1c(I)ccc2c1CCCN2. The number of hydrogen-bond donors (Lipinski definition) is 1. The van der Waals surface area contributed by atoms with Crippen LogP contribution >= 0.6 is 34.2 Å². The lowest BCUT2D eigenvalue weighted by atomic mass is 10.0. The standard InChI is InChI=1S/C9H9ClIN/c10-9-6-2-1-5-12-8(6)4-3-7(9)11/h3-4,12H,1-2,5H2. The number of benzene rings is 1. The molecule has 1 aromatic rings. The van der Waals surface area contributed by atoms with E-state index in [1.165, 1.54) is 17.7 Å². The third-order valence-corrected chi connectivity index (χ3v) is 3.76. The highest BCUT2D eigenvalue weighted by molar-refractivity contribution is 14.1. The van der Waals surface area contributed by atoms with E-state index in [1.807, 2.05) is 0 Å². The third-order valence-electron chi connectivity index (χ3n) is 2.12. The lowest BCUT2D eigenvalue weighted by Crippen LogP contribution is -2.12. The molecule has 0 saturated carbocycles. The molecule has 1 nitrogen and oxygen atoms in total. The van der Waals surface area contributed by atoms with E-state index in [4.69, 9.17) is 11.6 Å². The topological polar surface area (TPSA) is 12.0 Å². The van der Waals surface area contributed by atoms with Crippen molar-refractivity contribution >= 4 is 39.9 Å². The van der Waals surface area contributed by atoms with Crippen LogP contribution in [0, 0.1) is 3.57 Å². The molecule has 3 heteroatoms. The van der Waals surface area contributed by atoms with Crippen LogP contribution < -0.4 is 5.32 Å². The van der Waals surface area contributed by atoms with Crippen LogP contribution in [-0.2, 0) is 6.42 Å². The highest BCUT2D eigenvalue weighted by Crippen LogP contribution is 2.32. The van der Waals surface area contributed by atoms with E-state index >= 15 is 0 Å². The van der Waals surface area contributed by atoms with Gasteiger partial charge in [0.05, 0.1) is 5.02 Å². The Morgan fingerprint density at radius 1 is 1.42 bits per heavy atom. The molecule has 0 aromatic heterocycles. The second-order valence-corrected chi connectivity index (χ2v) is 4.46. The van der Waals surface area contributed by atoms with Crippen LogP contribution in [0.25, 0.3) is 0 Å². The molecular weight excluding hydrogens is 284 g/mol. The lowest BCUT2D eigenvalue weighted by molar-refractivity contribution is 0.830. The zero-order chi connectivity index (χ0) is 8.55. The van der Waals surface area contributed by atoms with Crippen LogP contribution in [0.3, 0.4) is 0 Å². The van der Waals surface area contributed by atoms with Crippen LogP contribution in [0.1, 0.15) is 12.0 Å². The van der Waals surface area contributed by atoms with Gasteiger partial charge < -0.3 is 5.32 Å². The summed E-state index contributed by atoms with van der Waals surface area (Å²) < 4.78 is 1.15. The Hall–Kier alpha value is 0.0400. The van der Waals surface area contributed by atoms with Gasteiger partial charge >= 0.3 is 0 Å². The normalized spacial score (nSPS) is 15.2. The van der Waals surface area contributed by atoms with Crippen molar-refractivity contribution in [3.05, 3.63) is 26.3 Å². The molecule has 0 spiro atoms. The predicted octanol–water partition coefficient (Wildman–Crippen LogP) is 3.30. The van der Waals surface area contributed by atoms with E-state index in [-0.39, 0.29) is 0 Å². The number of anilines is 1. The van der Waals surface area contributed by atoms with Crippen molar-refractivity contribution in [2.24, 2.45) is 0 Å². The fourth-order valence-electron chi connectivity index (χ4n) is 1.49. The fraction of sp³-hybridized carbons (Fsp3) is 0.333. The smallest absolute Gasteiger partial charge is 0.0592 e. The molecule has 1 aliphatic heterocycles. The maximum atomic E-state index is 6.16. The molecule has 2 rings (SSSR count). The van der Waals surface area contributed by atoms with Crippen molar-refractivity contribution in [2.75, 3.05) is 11.9 Å². The quantitative estimate of drug-likeness (QED) is 0.724. The second kappa shape index (κ2) is 3.42. The first-order valence-electron chi connectivity index (χ1n) is 4.00. The molecule has 0 fully saturated rings. The van der Waals surface area contributed by atoms with Crippen LogP contribution in [0.15, 0.2) is 12.1 Å². The Morgan fingerprint density at radius 2 is 2.25 bits per heavy atom. The van der Waals surface area contributed by atoms with Gasteiger partial charge in [0.2, 0.25) is 0 Å². The second-order valence-electron chi connectivity index (χ2n) is 2.92. The van der Waals surface area contributed by atoms with Crippen molar-refractivity contribution in [1.82, 2.24) is 0 Å². The Labute approximate surface area is 90.6 Å². The number of hydrogen-bond acceptors (Lipinski definition) is 1. The van der Waals surface area contributed by atoms with E-state index in [1.54, 1.807) is 0 Å². The number of nitrogens with one attached hydrogen (secondary N) is 1. The molecule has 0 saturated heterocycles. The Kier molecular flexibility index (Phi) is 2.46. The Balaban J connectivity index is 2.54. The van der Waals surface area contributed by atoms with Gasteiger partial charge in [-0.15, -0.1) is 0 Å². The lowest BCUT2D eigenvalue weighted by Gasteiger charge is -2.19. The van der Waals surface area contributed by atoms with Crippen molar-refractivity contribution < 1.29 is 0 Å². The molecule has 0 aliphatic carbocycles. The Bertz CT molecular complexity index is 312. The van der Waals surface area contributed by atoms with Crippen molar-refractivity contribution in [3.63, 3.8) is 0 Å². The van der Waals surface area contributed by atoms with E-state index in [0.717, 1.165) is 21.6 Å². The maximum absolute atomic E-state index is 6.16. The number of fused-ring (bicyclic) bond motifs is 1. The summed E-state index contributed by atoms with van der Waals surface area (Å²) in [5.74, 6) is 0. The van der Waals surface area contributed by atoms with Crippen LogP contribution in [-0.4, -0.2) is 6.54 Å². The average Bonchev–Trinajstić information content (AvgIpc) is 2.12. The first-order chi connectivity index (χ1) is 5.79. The summed E-state index contributed by atoms with van der Waals surface area (Å²) in [6, 6.07) is 4.17. The fourth-order valence-corrected chi connectivity index (χ4v) is 2.26. The van der Waals surface area contributed by atoms with Gasteiger partial charge in [0.15, 0.2) is 0 Å². The molecule has 0 bridgehead atoms. The van der Waals surface area contributed by atoms with Gasteiger partial charge in [-0.05, 0) is 53.1 Å². The summed E-state index contributed by atoms with van der Waals surface area (Å²) in [5, 5.41) is 4.27. The van der Waals surface area contributed by atoms with Gasteiger partial charge in [0.1, 0.15) is 0 Å². The number of rotatable bonds is 0. The van der Waals surface area contributed by atoms with E-state index in [0.29, 0.717) is 0 Å². The van der Waals surface area contributed by atoms with Crippen molar-refractivity contribution in [2.45, 2.75) is 12.8 Å². The molecule has 64 valence electrons. The summed E-state index contributed by atoms with van der Waals surface area (Å²) in [4.78, 5) is 0. The highest BCUT2D eigenvalue weighted by atomic mass is 127. The Morgan fingerprint density at radius 3 is 3.08 bits per heavy atom. The summed E-state index contributed by atoms with van der Waals surface area (Å²) in [7, 11) is 0. The van der Waals surface area contributed by atoms with Crippen LogP contribution in [0.5, 0.6) is 0 Å². The minimum absolute atomic E-state index is 0.931. The van der Waals surface area contributed by atoms with E-state index in [9.17, 15) is 0 Å². The molecule has 1 heterocycles. The summed E-state index contributed by atoms with van der Waals surface area (Å²) >= 11 is 8.43. The van der Waals surface area contributed by atoms with Gasteiger partial charge in [-0.1, -0.05) is 11.6 Å². The molecule has 1 N–H and O–H groups in total. The van der Waals surface area contributed by atoms with Gasteiger partial charge in [-0.25, -0.2) is 0 Å². The van der Waals surface area contributed by atoms with Gasteiger partial charge in [-0.3, -0.25) is 0 Å². The van der Waals surface area contributed by atoms with E-state index in [2.05, 4.69) is 40.0 Å². The third kappa shape index (κ3) is 1.42. The van der Waals surface area contributed by atoms with Gasteiger partial charge in [-0.2, -0.15) is 0 Å². The van der Waals surface area contributed by atoms with Crippen molar-refractivity contribution in [1.29, 1.82) is 0 Å². The first-order valence-corrected chi connectivity index (χ1v) is 5.45. The molecule has 0 radical (unpaired) electrons. The zero-order valence-electron chi connectivity index (χ0n) is 6.53. The highest BCUT2D eigenvalue weighted by Gasteiger charge is 2.13. The van der Waals surface area contributed by atoms with Crippen LogP contribution in [0.2, 0.25) is 5.02 Å². The summed E-state index contributed by atoms with van der Waals surface area (Å²) in [6.07, 6.45) is 2.30. The number of halogens is 2. The molecule has 0 atom stereocenters. The minimum atomic E-state index is 0.931. The summed E-state index contributed by atoms with van der Waals surface area (Å²) in [5.41, 5.74) is 2.50. The van der Waals surface area contributed by atoms with Crippen LogP contribution in [0.4, 0.5) is 5.69 Å². The predicted molar refractivity (Wildman–Crippen MR) is 61.0 cm³/mol. The molecule has 1 aliphatic rings. The zero-order valence-corrected chi connectivity index (χ0v) is 9.45. The summed E-state index contributed by atoms with van der Waals surface area (Å²) in [6.45, 7) is 1.07. The van der Waals surface area contributed by atoms with E-state index < -0.39 is 0 Å². The van der Waals surface area contributed by atoms with Gasteiger partial charge in [0.25, 0.3) is 0 Å². The first kappa shape index (κ1) is 8.63.